The minimum atomic E-state index is -0.903. The molecule has 0 amide bonds. The minimum absolute atomic E-state index is 0.103. The normalized spacial score (nSPS) is 15.9. The van der Waals surface area contributed by atoms with Crippen LogP contribution in [0.15, 0.2) is 18.2 Å². The summed E-state index contributed by atoms with van der Waals surface area (Å²) in [5.74, 6) is -0.903. The zero-order valence-electron chi connectivity index (χ0n) is 12.6. The predicted octanol–water partition coefficient (Wildman–Crippen LogP) is 1.92. The second kappa shape index (κ2) is 6.91. The Kier molecular flexibility index (Phi) is 5.20. The van der Waals surface area contributed by atoms with Crippen LogP contribution in [0.1, 0.15) is 36.2 Å². The number of aromatic carboxylic acids is 1. The molecule has 116 valence electrons. The maximum atomic E-state index is 11.0. The van der Waals surface area contributed by atoms with E-state index in [1.807, 2.05) is 19.9 Å². The third-order valence-corrected chi connectivity index (χ3v) is 3.59. The van der Waals surface area contributed by atoms with Gasteiger partial charge in [-0.3, -0.25) is 0 Å². The average molecular weight is 293 g/mol. The average Bonchev–Trinajstić information content (AvgIpc) is 2.45. The van der Waals surface area contributed by atoms with E-state index in [2.05, 4.69) is 4.90 Å². The third-order valence-electron chi connectivity index (χ3n) is 3.59. The molecular formula is C16H23NO4. The lowest BCUT2D eigenvalue weighted by molar-refractivity contribution is 0.00880. The number of β-amino-alcohol motifs (C(OH)–C–C–N with tert-alkyl or cyclic N) is 1. The molecule has 0 bridgehead atoms. The van der Waals surface area contributed by atoms with E-state index in [4.69, 9.17) is 9.84 Å². The van der Waals surface area contributed by atoms with E-state index in [-0.39, 0.29) is 6.10 Å². The SMILES string of the molecule is CC(C)OCC(O)CN1CCCc2cc(C(=O)O)ccc21. The fourth-order valence-electron chi connectivity index (χ4n) is 2.61. The number of ether oxygens (including phenoxy) is 1. The summed E-state index contributed by atoms with van der Waals surface area (Å²) in [5, 5.41) is 19.1. The second-order valence-corrected chi connectivity index (χ2v) is 5.73. The van der Waals surface area contributed by atoms with Gasteiger partial charge in [-0.15, -0.1) is 0 Å². The van der Waals surface area contributed by atoms with E-state index < -0.39 is 12.1 Å². The molecule has 1 atom stereocenters. The predicted molar refractivity (Wildman–Crippen MR) is 81.0 cm³/mol. The van der Waals surface area contributed by atoms with Crippen molar-refractivity contribution < 1.29 is 19.7 Å². The van der Waals surface area contributed by atoms with Crippen molar-refractivity contribution in [2.75, 3.05) is 24.6 Å². The number of aliphatic hydroxyl groups is 1. The lowest BCUT2D eigenvalue weighted by Gasteiger charge is -2.33. The molecule has 0 spiro atoms. The number of rotatable bonds is 6. The number of hydrogen-bond acceptors (Lipinski definition) is 4. The lowest BCUT2D eigenvalue weighted by atomic mass is 9.99. The number of carboxylic acids is 1. The Labute approximate surface area is 125 Å². The van der Waals surface area contributed by atoms with Crippen molar-refractivity contribution in [3.63, 3.8) is 0 Å². The molecule has 1 aromatic rings. The Balaban J connectivity index is 2.06. The summed E-state index contributed by atoms with van der Waals surface area (Å²) in [7, 11) is 0. The van der Waals surface area contributed by atoms with Crippen molar-refractivity contribution in [1.82, 2.24) is 0 Å². The Bertz CT molecular complexity index is 501. The van der Waals surface area contributed by atoms with Gasteiger partial charge in [0.25, 0.3) is 0 Å². The van der Waals surface area contributed by atoms with Gasteiger partial charge in [0.05, 0.1) is 24.4 Å². The first-order chi connectivity index (χ1) is 9.97. The van der Waals surface area contributed by atoms with Gasteiger partial charge in [-0.2, -0.15) is 0 Å². The molecule has 0 aliphatic carbocycles. The molecule has 1 heterocycles. The summed E-state index contributed by atoms with van der Waals surface area (Å²) >= 11 is 0. The molecule has 1 aromatic carbocycles. The van der Waals surface area contributed by atoms with Crippen molar-refractivity contribution >= 4 is 11.7 Å². The number of aryl methyl sites for hydroxylation is 1. The number of benzene rings is 1. The number of carboxylic acid groups (broad SMARTS) is 1. The molecule has 0 saturated heterocycles. The number of nitrogens with zero attached hydrogens (tertiary/aromatic N) is 1. The summed E-state index contributed by atoms with van der Waals surface area (Å²) in [4.78, 5) is 13.1. The van der Waals surface area contributed by atoms with Gasteiger partial charge in [-0.25, -0.2) is 4.79 Å². The number of hydrogen-bond donors (Lipinski definition) is 2. The van der Waals surface area contributed by atoms with Gasteiger partial charge in [-0.05, 0) is 50.5 Å². The maximum Gasteiger partial charge on any atom is 0.335 e. The van der Waals surface area contributed by atoms with Crippen LogP contribution in [0.5, 0.6) is 0 Å². The quantitative estimate of drug-likeness (QED) is 0.838. The highest BCUT2D eigenvalue weighted by Gasteiger charge is 2.20. The topological polar surface area (TPSA) is 70.0 Å². The Morgan fingerprint density at radius 1 is 1.43 bits per heavy atom. The van der Waals surface area contributed by atoms with E-state index in [0.29, 0.717) is 18.7 Å². The molecule has 0 aromatic heterocycles. The maximum absolute atomic E-state index is 11.0. The Hall–Kier alpha value is -1.59. The van der Waals surface area contributed by atoms with Crippen LogP contribution < -0.4 is 4.90 Å². The van der Waals surface area contributed by atoms with Crippen LogP contribution in [0.2, 0.25) is 0 Å². The first-order valence-corrected chi connectivity index (χ1v) is 7.38. The zero-order chi connectivity index (χ0) is 15.4. The van der Waals surface area contributed by atoms with Gasteiger partial charge in [0.2, 0.25) is 0 Å². The van der Waals surface area contributed by atoms with Gasteiger partial charge in [0, 0.05) is 18.8 Å². The molecular weight excluding hydrogens is 270 g/mol. The summed E-state index contributed by atoms with van der Waals surface area (Å²) in [5.41, 5.74) is 2.38. The zero-order valence-corrected chi connectivity index (χ0v) is 12.6. The molecule has 0 radical (unpaired) electrons. The highest BCUT2D eigenvalue weighted by molar-refractivity contribution is 5.88. The minimum Gasteiger partial charge on any atom is -0.478 e. The Morgan fingerprint density at radius 2 is 2.19 bits per heavy atom. The molecule has 1 aliphatic rings. The molecule has 2 N–H and O–H groups in total. The van der Waals surface area contributed by atoms with Crippen molar-refractivity contribution in [2.24, 2.45) is 0 Å². The fourth-order valence-corrected chi connectivity index (χ4v) is 2.61. The molecule has 5 nitrogen and oxygen atoms in total. The smallest absolute Gasteiger partial charge is 0.335 e. The number of carbonyl (C=O) groups is 1. The van der Waals surface area contributed by atoms with E-state index in [1.54, 1.807) is 12.1 Å². The van der Waals surface area contributed by atoms with Crippen LogP contribution in [0, 0.1) is 0 Å². The van der Waals surface area contributed by atoms with Crippen LogP contribution >= 0.6 is 0 Å². The largest absolute Gasteiger partial charge is 0.478 e. The highest BCUT2D eigenvalue weighted by atomic mass is 16.5. The number of aliphatic hydroxyl groups excluding tert-OH is 1. The van der Waals surface area contributed by atoms with Crippen molar-refractivity contribution in [2.45, 2.75) is 38.9 Å². The summed E-state index contributed by atoms with van der Waals surface area (Å²) in [6.07, 6.45) is 1.41. The van der Waals surface area contributed by atoms with Crippen LogP contribution in [0.4, 0.5) is 5.69 Å². The second-order valence-electron chi connectivity index (χ2n) is 5.73. The number of anilines is 1. The molecule has 0 saturated carbocycles. The summed E-state index contributed by atoms with van der Waals surface area (Å²) in [6, 6.07) is 5.20. The van der Waals surface area contributed by atoms with E-state index in [9.17, 15) is 9.90 Å². The molecule has 21 heavy (non-hydrogen) atoms. The van der Waals surface area contributed by atoms with Crippen LogP contribution in [-0.4, -0.2) is 48.1 Å². The molecule has 0 fully saturated rings. The van der Waals surface area contributed by atoms with Crippen molar-refractivity contribution in [3.8, 4) is 0 Å². The van der Waals surface area contributed by atoms with Crippen LogP contribution in [0.25, 0.3) is 0 Å². The first-order valence-electron chi connectivity index (χ1n) is 7.38. The Morgan fingerprint density at radius 3 is 2.86 bits per heavy atom. The van der Waals surface area contributed by atoms with E-state index in [0.717, 1.165) is 30.6 Å². The fraction of sp³-hybridized carbons (Fsp3) is 0.562. The van der Waals surface area contributed by atoms with Crippen LogP contribution in [-0.2, 0) is 11.2 Å². The van der Waals surface area contributed by atoms with Gasteiger partial charge < -0.3 is 19.8 Å². The highest BCUT2D eigenvalue weighted by Crippen LogP contribution is 2.28. The molecule has 2 rings (SSSR count). The van der Waals surface area contributed by atoms with Gasteiger partial charge >= 0.3 is 5.97 Å². The summed E-state index contributed by atoms with van der Waals surface area (Å²) in [6.45, 7) is 5.58. The third kappa shape index (κ3) is 4.19. The van der Waals surface area contributed by atoms with Crippen LogP contribution in [0.3, 0.4) is 0 Å². The monoisotopic (exact) mass is 293 g/mol. The molecule has 1 aliphatic heterocycles. The van der Waals surface area contributed by atoms with E-state index >= 15 is 0 Å². The summed E-state index contributed by atoms with van der Waals surface area (Å²) < 4.78 is 5.43. The number of fused-ring (bicyclic) bond motifs is 1. The van der Waals surface area contributed by atoms with E-state index in [1.165, 1.54) is 0 Å². The van der Waals surface area contributed by atoms with Crippen molar-refractivity contribution in [1.29, 1.82) is 0 Å². The lowest BCUT2D eigenvalue weighted by Crippen LogP contribution is -2.38. The molecule has 1 unspecified atom stereocenters. The van der Waals surface area contributed by atoms with Gasteiger partial charge in [0.1, 0.15) is 0 Å². The first kappa shape index (κ1) is 15.8. The van der Waals surface area contributed by atoms with Gasteiger partial charge in [-0.1, -0.05) is 0 Å². The van der Waals surface area contributed by atoms with Gasteiger partial charge in [0.15, 0.2) is 0 Å². The standard InChI is InChI=1S/C16H23NO4/c1-11(2)21-10-14(18)9-17-7-3-4-12-8-13(16(19)20)5-6-15(12)17/h5-6,8,11,14,18H,3-4,7,9-10H2,1-2H3,(H,19,20). The van der Waals surface area contributed by atoms with Crippen molar-refractivity contribution in [3.05, 3.63) is 29.3 Å². The molecule has 5 heteroatoms.